The molecule has 2 N–H and O–H groups in total. The van der Waals surface area contributed by atoms with Crippen molar-refractivity contribution in [2.75, 3.05) is 0 Å². The minimum Gasteiger partial charge on any atom is -0.352 e. The van der Waals surface area contributed by atoms with Crippen molar-refractivity contribution in [3.05, 3.63) is 51.2 Å². The molecule has 0 fully saturated rings. The highest BCUT2D eigenvalue weighted by Gasteiger charge is 2.14. The largest absolute Gasteiger partial charge is 0.352 e. The van der Waals surface area contributed by atoms with Crippen LogP contribution in [0.15, 0.2) is 23.3 Å². The standard InChI is InChI=1S/C17H21N5O2/c1-11(10-22-8-4-7-19-22)20-16(23)6-5-14-12(2)15(9-18)17(24)21-13(14)3/h4,7-8,11H,5-6,10H2,1-3H3,(H,20,23)(H,21,24). The minimum atomic E-state index is -0.381. The second kappa shape index (κ2) is 7.59. The van der Waals surface area contributed by atoms with Crippen LogP contribution in [0, 0.1) is 25.2 Å². The molecule has 2 aromatic heterocycles. The number of nitrogens with zero attached hydrogens (tertiary/aromatic N) is 3. The van der Waals surface area contributed by atoms with Gasteiger partial charge >= 0.3 is 0 Å². The summed E-state index contributed by atoms with van der Waals surface area (Å²) in [5, 5.41) is 16.1. The molecule has 0 aliphatic rings. The third-order valence-electron chi connectivity index (χ3n) is 3.95. The zero-order valence-electron chi connectivity index (χ0n) is 14.1. The molecule has 2 heterocycles. The molecule has 1 amide bonds. The molecule has 1 unspecified atom stereocenters. The maximum Gasteiger partial charge on any atom is 0.266 e. The van der Waals surface area contributed by atoms with Gasteiger partial charge in [0.1, 0.15) is 11.6 Å². The zero-order valence-corrected chi connectivity index (χ0v) is 14.1. The van der Waals surface area contributed by atoms with E-state index >= 15 is 0 Å². The minimum absolute atomic E-state index is 0.0372. The highest BCUT2D eigenvalue weighted by molar-refractivity contribution is 5.76. The van der Waals surface area contributed by atoms with Gasteiger partial charge in [0.25, 0.3) is 5.56 Å². The van der Waals surface area contributed by atoms with Crippen molar-refractivity contribution < 1.29 is 4.79 Å². The fraction of sp³-hybridized carbons (Fsp3) is 0.412. The number of carbonyl (C=O) groups excluding carboxylic acids is 1. The summed E-state index contributed by atoms with van der Waals surface area (Å²) in [7, 11) is 0. The van der Waals surface area contributed by atoms with Crippen molar-refractivity contribution in [3.8, 4) is 6.07 Å². The molecule has 0 aliphatic carbocycles. The molecule has 2 aromatic rings. The van der Waals surface area contributed by atoms with E-state index in [1.165, 1.54) is 0 Å². The number of nitriles is 1. The van der Waals surface area contributed by atoms with E-state index in [2.05, 4.69) is 15.4 Å². The number of amides is 1. The predicted molar refractivity (Wildman–Crippen MR) is 89.4 cm³/mol. The average Bonchev–Trinajstić information content (AvgIpc) is 2.99. The number of aromatic amines is 1. The van der Waals surface area contributed by atoms with Crippen LogP contribution in [-0.4, -0.2) is 26.7 Å². The lowest BCUT2D eigenvalue weighted by atomic mass is 9.99. The second-order valence-electron chi connectivity index (χ2n) is 5.87. The molecule has 0 saturated carbocycles. The van der Waals surface area contributed by atoms with Gasteiger partial charge in [-0.25, -0.2) is 0 Å². The van der Waals surface area contributed by atoms with Gasteiger partial charge in [0.15, 0.2) is 0 Å². The molecule has 0 aromatic carbocycles. The lowest BCUT2D eigenvalue weighted by Gasteiger charge is -2.15. The molecule has 2 rings (SSSR count). The highest BCUT2D eigenvalue weighted by atomic mass is 16.1. The molecule has 0 bridgehead atoms. The van der Waals surface area contributed by atoms with E-state index in [9.17, 15) is 9.59 Å². The first-order valence-corrected chi connectivity index (χ1v) is 7.81. The Morgan fingerprint density at radius 3 is 2.88 bits per heavy atom. The van der Waals surface area contributed by atoms with Crippen molar-refractivity contribution in [2.24, 2.45) is 0 Å². The van der Waals surface area contributed by atoms with E-state index in [1.54, 1.807) is 24.7 Å². The number of rotatable bonds is 6. The van der Waals surface area contributed by atoms with Crippen LogP contribution in [0.5, 0.6) is 0 Å². The maximum absolute atomic E-state index is 12.1. The highest BCUT2D eigenvalue weighted by Crippen LogP contribution is 2.14. The Morgan fingerprint density at radius 2 is 2.25 bits per heavy atom. The molecule has 1 atom stereocenters. The quantitative estimate of drug-likeness (QED) is 0.832. The predicted octanol–water partition coefficient (Wildman–Crippen LogP) is 1.20. The first-order chi connectivity index (χ1) is 11.4. The topological polar surface area (TPSA) is 104 Å². The Balaban J connectivity index is 1.97. The summed E-state index contributed by atoms with van der Waals surface area (Å²) in [6, 6.07) is 3.72. The Labute approximate surface area is 140 Å². The van der Waals surface area contributed by atoms with Crippen LogP contribution in [0.3, 0.4) is 0 Å². The van der Waals surface area contributed by atoms with Crippen LogP contribution >= 0.6 is 0 Å². The van der Waals surface area contributed by atoms with Crippen LogP contribution in [0.25, 0.3) is 0 Å². The molecule has 0 spiro atoms. The van der Waals surface area contributed by atoms with Crippen LogP contribution in [-0.2, 0) is 17.8 Å². The van der Waals surface area contributed by atoms with E-state index in [1.807, 2.05) is 25.3 Å². The van der Waals surface area contributed by atoms with Crippen molar-refractivity contribution >= 4 is 5.91 Å². The van der Waals surface area contributed by atoms with Gasteiger partial charge in [-0.3, -0.25) is 14.3 Å². The molecular formula is C17H21N5O2. The third-order valence-corrected chi connectivity index (χ3v) is 3.95. The Morgan fingerprint density at radius 1 is 1.50 bits per heavy atom. The summed E-state index contributed by atoms with van der Waals surface area (Å²) >= 11 is 0. The molecule has 0 aliphatic heterocycles. The van der Waals surface area contributed by atoms with Gasteiger partial charge in [-0.15, -0.1) is 0 Å². The Bertz CT molecular complexity index is 815. The summed E-state index contributed by atoms with van der Waals surface area (Å²) < 4.78 is 1.76. The van der Waals surface area contributed by atoms with E-state index < -0.39 is 0 Å². The molecule has 0 saturated heterocycles. The first kappa shape index (κ1) is 17.5. The number of carbonyl (C=O) groups is 1. The number of aryl methyl sites for hydroxylation is 1. The van der Waals surface area contributed by atoms with Crippen LogP contribution in [0.4, 0.5) is 0 Å². The molecule has 0 radical (unpaired) electrons. The van der Waals surface area contributed by atoms with Gasteiger partial charge in [0.2, 0.25) is 5.91 Å². The van der Waals surface area contributed by atoms with Gasteiger partial charge < -0.3 is 10.3 Å². The van der Waals surface area contributed by atoms with E-state index in [4.69, 9.17) is 5.26 Å². The van der Waals surface area contributed by atoms with Crippen LogP contribution in [0.2, 0.25) is 0 Å². The second-order valence-corrected chi connectivity index (χ2v) is 5.87. The Kier molecular flexibility index (Phi) is 5.53. The fourth-order valence-electron chi connectivity index (χ4n) is 2.74. The van der Waals surface area contributed by atoms with E-state index in [0.29, 0.717) is 30.6 Å². The van der Waals surface area contributed by atoms with E-state index in [0.717, 1.165) is 5.56 Å². The van der Waals surface area contributed by atoms with Crippen molar-refractivity contribution in [1.82, 2.24) is 20.1 Å². The van der Waals surface area contributed by atoms with Crippen LogP contribution in [0.1, 0.15) is 35.7 Å². The van der Waals surface area contributed by atoms with Crippen molar-refractivity contribution in [2.45, 2.75) is 46.2 Å². The fourth-order valence-corrected chi connectivity index (χ4v) is 2.74. The number of aromatic nitrogens is 3. The molecule has 7 nitrogen and oxygen atoms in total. The number of nitrogens with one attached hydrogen (secondary N) is 2. The smallest absolute Gasteiger partial charge is 0.266 e. The van der Waals surface area contributed by atoms with Gasteiger partial charge in [-0.05, 0) is 44.4 Å². The SMILES string of the molecule is Cc1[nH]c(=O)c(C#N)c(C)c1CCC(=O)NC(C)Cn1cccn1. The normalized spacial score (nSPS) is 11.8. The number of H-pyrrole nitrogens is 1. The summed E-state index contributed by atoms with van der Waals surface area (Å²) in [5.41, 5.74) is 1.93. The number of pyridine rings is 1. The lowest BCUT2D eigenvalue weighted by molar-refractivity contribution is -0.121. The number of hydrogen-bond acceptors (Lipinski definition) is 4. The molecular weight excluding hydrogens is 306 g/mol. The first-order valence-electron chi connectivity index (χ1n) is 7.81. The summed E-state index contributed by atoms with van der Waals surface area (Å²) in [6.07, 6.45) is 4.31. The Hall–Kier alpha value is -2.88. The monoisotopic (exact) mass is 327 g/mol. The van der Waals surface area contributed by atoms with Crippen molar-refractivity contribution in [3.63, 3.8) is 0 Å². The molecule has 7 heteroatoms. The summed E-state index contributed by atoms with van der Waals surface area (Å²) in [4.78, 5) is 26.5. The summed E-state index contributed by atoms with van der Waals surface area (Å²) in [5.74, 6) is -0.0711. The maximum atomic E-state index is 12.1. The van der Waals surface area contributed by atoms with Gasteiger partial charge in [0, 0.05) is 30.6 Å². The molecule has 126 valence electrons. The zero-order chi connectivity index (χ0) is 17.7. The van der Waals surface area contributed by atoms with Crippen molar-refractivity contribution in [1.29, 1.82) is 5.26 Å². The third kappa shape index (κ3) is 4.10. The van der Waals surface area contributed by atoms with Gasteiger partial charge in [0.05, 0.1) is 6.54 Å². The lowest BCUT2D eigenvalue weighted by Crippen LogP contribution is -2.36. The van der Waals surface area contributed by atoms with E-state index in [-0.39, 0.29) is 23.1 Å². The average molecular weight is 327 g/mol. The number of hydrogen-bond donors (Lipinski definition) is 2. The molecule has 24 heavy (non-hydrogen) atoms. The van der Waals surface area contributed by atoms with Gasteiger partial charge in [-0.2, -0.15) is 10.4 Å². The summed E-state index contributed by atoms with van der Waals surface area (Å²) in [6.45, 7) is 6.05. The van der Waals surface area contributed by atoms with Gasteiger partial charge in [-0.1, -0.05) is 0 Å². The van der Waals surface area contributed by atoms with Crippen LogP contribution < -0.4 is 10.9 Å².